The Labute approximate surface area is 135 Å². The summed E-state index contributed by atoms with van der Waals surface area (Å²) < 4.78 is 5.72. The van der Waals surface area contributed by atoms with Crippen molar-refractivity contribution in [1.82, 2.24) is 10.3 Å². The highest BCUT2D eigenvalue weighted by molar-refractivity contribution is 7.09. The summed E-state index contributed by atoms with van der Waals surface area (Å²) in [6.45, 7) is 8.45. The van der Waals surface area contributed by atoms with Crippen LogP contribution in [0.4, 0.5) is 0 Å². The van der Waals surface area contributed by atoms with Crippen molar-refractivity contribution in [3.8, 4) is 5.75 Å². The number of thiazole rings is 1. The second-order valence-corrected chi connectivity index (χ2v) is 6.93. The lowest BCUT2D eigenvalue weighted by Gasteiger charge is -2.24. The molecule has 0 atom stereocenters. The van der Waals surface area contributed by atoms with E-state index >= 15 is 0 Å². The van der Waals surface area contributed by atoms with Crippen molar-refractivity contribution in [2.75, 3.05) is 0 Å². The molecule has 1 heterocycles. The van der Waals surface area contributed by atoms with Crippen LogP contribution in [0.3, 0.4) is 0 Å². The molecule has 118 valence electrons. The Kier molecular flexibility index (Phi) is 5.19. The first-order chi connectivity index (χ1) is 10.4. The van der Waals surface area contributed by atoms with Crippen molar-refractivity contribution >= 4 is 17.2 Å². The molecule has 0 fully saturated rings. The number of hydrogen-bond donors (Lipinski definition) is 1. The molecule has 2 aromatic rings. The van der Waals surface area contributed by atoms with E-state index in [-0.39, 0.29) is 11.4 Å². The Hall–Kier alpha value is -1.88. The van der Waals surface area contributed by atoms with Crippen LogP contribution in [0.15, 0.2) is 29.6 Å². The predicted octanol–water partition coefficient (Wildman–Crippen LogP) is 3.95. The second kappa shape index (κ2) is 6.92. The number of rotatable bonds is 6. The first kappa shape index (κ1) is 16.5. The van der Waals surface area contributed by atoms with E-state index in [4.69, 9.17) is 4.74 Å². The van der Waals surface area contributed by atoms with Gasteiger partial charge in [-0.15, -0.1) is 11.3 Å². The summed E-state index contributed by atoms with van der Waals surface area (Å²) >= 11 is 1.60. The standard InChI is InChI=1S/C17H22N2O2S/c1-5-17(3,4)19-16(20)13-7-6-8-15(9-13)21-10-14-11-22-12(2)18-14/h6-9,11H,5,10H2,1-4H3,(H,19,20). The van der Waals surface area contributed by atoms with E-state index in [1.807, 2.05) is 38.3 Å². The molecule has 0 bridgehead atoms. The first-order valence-corrected chi connectivity index (χ1v) is 8.24. The molecule has 0 aliphatic heterocycles. The quantitative estimate of drug-likeness (QED) is 0.877. The number of hydrogen-bond acceptors (Lipinski definition) is 4. The molecule has 4 nitrogen and oxygen atoms in total. The molecular weight excluding hydrogens is 296 g/mol. The smallest absolute Gasteiger partial charge is 0.251 e. The molecule has 0 spiro atoms. The zero-order valence-electron chi connectivity index (χ0n) is 13.5. The van der Waals surface area contributed by atoms with Crippen molar-refractivity contribution in [1.29, 1.82) is 0 Å². The lowest BCUT2D eigenvalue weighted by molar-refractivity contribution is 0.0910. The normalized spacial score (nSPS) is 11.3. The third-order valence-corrected chi connectivity index (χ3v) is 4.31. The van der Waals surface area contributed by atoms with Crippen LogP contribution in [0.2, 0.25) is 0 Å². The van der Waals surface area contributed by atoms with Crippen LogP contribution in [0.5, 0.6) is 5.75 Å². The fraction of sp³-hybridized carbons (Fsp3) is 0.412. The Morgan fingerprint density at radius 2 is 2.18 bits per heavy atom. The minimum Gasteiger partial charge on any atom is -0.487 e. The number of aromatic nitrogens is 1. The number of carbonyl (C=O) groups is 1. The molecule has 0 saturated heterocycles. The monoisotopic (exact) mass is 318 g/mol. The predicted molar refractivity (Wildman–Crippen MR) is 89.5 cm³/mol. The van der Waals surface area contributed by atoms with E-state index in [0.29, 0.717) is 17.9 Å². The van der Waals surface area contributed by atoms with Crippen molar-refractivity contribution in [3.05, 3.63) is 45.9 Å². The van der Waals surface area contributed by atoms with E-state index < -0.39 is 0 Å². The van der Waals surface area contributed by atoms with Crippen LogP contribution < -0.4 is 10.1 Å². The van der Waals surface area contributed by atoms with Crippen molar-refractivity contribution < 1.29 is 9.53 Å². The molecule has 22 heavy (non-hydrogen) atoms. The summed E-state index contributed by atoms with van der Waals surface area (Å²) in [5, 5.41) is 6.02. The Morgan fingerprint density at radius 1 is 1.41 bits per heavy atom. The molecule has 0 saturated carbocycles. The van der Waals surface area contributed by atoms with Gasteiger partial charge in [0.05, 0.1) is 10.7 Å². The maximum Gasteiger partial charge on any atom is 0.251 e. The van der Waals surface area contributed by atoms with Gasteiger partial charge < -0.3 is 10.1 Å². The maximum absolute atomic E-state index is 12.3. The fourth-order valence-corrected chi connectivity index (χ4v) is 2.42. The van der Waals surface area contributed by atoms with Crippen molar-refractivity contribution in [3.63, 3.8) is 0 Å². The van der Waals surface area contributed by atoms with E-state index in [2.05, 4.69) is 17.2 Å². The molecule has 0 unspecified atom stereocenters. The summed E-state index contributed by atoms with van der Waals surface area (Å²) in [4.78, 5) is 16.6. The first-order valence-electron chi connectivity index (χ1n) is 7.36. The molecule has 0 radical (unpaired) electrons. The van der Waals surface area contributed by atoms with Crippen molar-refractivity contribution in [2.24, 2.45) is 0 Å². The van der Waals surface area contributed by atoms with Gasteiger partial charge in [-0.25, -0.2) is 4.98 Å². The highest BCUT2D eigenvalue weighted by Crippen LogP contribution is 2.17. The van der Waals surface area contributed by atoms with Crippen molar-refractivity contribution in [2.45, 2.75) is 46.3 Å². The number of amides is 1. The average Bonchev–Trinajstić information content (AvgIpc) is 2.91. The highest BCUT2D eigenvalue weighted by Gasteiger charge is 2.19. The van der Waals surface area contributed by atoms with Gasteiger partial charge in [0.25, 0.3) is 5.91 Å². The molecule has 1 aromatic heterocycles. The van der Waals surface area contributed by atoms with Gasteiger partial charge in [0.2, 0.25) is 0 Å². The highest BCUT2D eigenvalue weighted by atomic mass is 32.1. The third kappa shape index (κ3) is 4.56. The van der Waals surface area contributed by atoms with Gasteiger partial charge in [-0.05, 0) is 45.4 Å². The van der Waals surface area contributed by atoms with Gasteiger partial charge >= 0.3 is 0 Å². The van der Waals surface area contributed by atoms with Gasteiger partial charge in [-0.1, -0.05) is 13.0 Å². The maximum atomic E-state index is 12.3. The van der Waals surface area contributed by atoms with E-state index in [0.717, 1.165) is 17.1 Å². The summed E-state index contributed by atoms with van der Waals surface area (Å²) in [6, 6.07) is 7.23. The summed E-state index contributed by atoms with van der Waals surface area (Å²) in [5.74, 6) is 0.592. The van der Waals surface area contributed by atoms with Crippen LogP contribution in [-0.4, -0.2) is 16.4 Å². The lowest BCUT2D eigenvalue weighted by Crippen LogP contribution is -2.42. The Balaban J connectivity index is 2.01. The summed E-state index contributed by atoms with van der Waals surface area (Å²) in [5.41, 5.74) is 1.30. The molecular formula is C17H22N2O2S. The molecule has 5 heteroatoms. The van der Waals surface area contributed by atoms with Gasteiger partial charge in [-0.2, -0.15) is 0 Å². The lowest BCUT2D eigenvalue weighted by atomic mass is 10.0. The summed E-state index contributed by atoms with van der Waals surface area (Å²) in [7, 11) is 0. The van der Waals surface area contributed by atoms with Gasteiger partial charge in [-0.3, -0.25) is 4.79 Å². The van der Waals surface area contributed by atoms with Crippen LogP contribution in [0.1, 0.15) is 48.3 Å². The zero-order chi connectivity index (χ0) is 16.2. The van der Waals surface area contributed by atoms with Crippen LogP contribution in [0, 0.1) is 6.92 Å². The minimum absolute atomic E-state index is 0.0817. The number of benzene rings is 1. The second-order valence-electron chi connectivity index (χ2n) is 5.87. The summed E-state index contributed by atoms with van der Waals surface area (Å²) in [6.07, 6.45) is 0.873. The molecule has 0 aliphatic carbocycles. The topological polar surface area (TPSA) is 51.2 Å². The largest absolute Gasteiger partial charge is 0.487 e. The molecule has 1 aromatic carbocycles. The average molecular weight is 318 g/mol. The number of nitrogens with zero attached hydrogens (tertiary/aromatic N) is 1. The molecule has 1 N–H and O–H groups in total. The number of aryl methyl sites for hydroxylation is 1. The molecule has 1 amide bonds. The number of ether oxygens (including phenoxy) is 1. The van der Waals surface area contributed by atoms with E-state index in [9.17, 15) is 4.79 Å². The van der Waals surface area contributed by atoms with E-state index in [1.165, 1.54) is 0 Å². The molecule has 0 aliphatic rings. The molecule has 2 rings (SSSR count). The number of carbonyl (C=O) groups excluding carboxylic acids is 1. The minimum atomic E-state index is -0.216. The van der Waals surface area contributed by atoms with Gasteiger partial charge in [0.1, 0.15) is 12.4 Å². The van der Waals surface area contributed by atoms with Gasteiger partial charge in [0.15, 0.2) is 0 Å². The Bertz CT molecular complexity index is 650. The van der Waals surface area contributed by atoms with E-state index in [1.54, 1.807) is 23.5 Å². The zero-order valence-corrected chi connectivity index (χ0v) is 14.3. The number of nitrogens with one attached hydrogen (secondary N) is 1. The van der Waals surface area contributed by atoms with Crippen LogP contribution in [-0.2, 0) is 6.61 Å². The van der Waals surface area contributed by atoms with Crippen LogP contribution in [0.25, 0.3) is 0 Å². The van der Waals surface area contributed by atoms with Crippen LogP contribution >= 0.6 is 11.3 Å². The van der Waals surface area contributed by atoms with Gasteiger partial charge in [0, 0.05) is 16.5 Å². The Morgan fingerprint density at radius 3 is 2.82 bits per heavy atom. The SMILES string of the molecule is CCC(C)(C)NC(=O)c1cccc(OCc2csc(C)n2)c1. The third-order valence-electron chi connectivity index (χ3n) is 3.49. The fourth-order valence-electron chi connectivity index (χ4n) is 1.83.